The molecule has 0 aliphatic heterocycles. The topological polar surface area (TPSA) is 108 Å². The summed E-state index contributed by atoms with van der Waals surface area (Å²) in [5, 5.41) is 21.3. The zero-order valence-corrected chi connectivity index (χ0v) is 8.27. The Morgan fingerprint density at radius 3 is 2.67 bits per heavy atom. The van der Waals surface area contributed by atoms with Crippen molar-refractivity contribution in [3.8, 4) is 5.75 Å². The van der Waals surface area contributed by atoms with Gasteiger partial charge in [-0.25, -0.2) is 0 Å². The number of aromatic hydroxyl groups is 1. The van der Waals surface area contributed by atoms with Gasteiger partial charge < -0.3 is 25.8 Å². The Morgan fingerprint density at radius 1 is 1.40 bits per heavy atom. The second kappa shape index (κ2) is 6.80. The Hall–Kier alpha value is -1.59. The predicted octanol–water partition coefficient (Wildman–Crippen LogP) is -2.23. The van der Waals surface area contributed by atoms with Gasteiger partial charge in [0.25, 0.3) is 0 Å². The summed E-state index contributed by atoms with van der Waals surface area (Å²) < 4.78 is 0. The number of quaternary nitrogens is 1. The molecule has 15 heavy (non-hydrogen) atoms. The fraction of sp³-hybridized carbons (Fsp3) is 0.300. The number of phenols is 1. The van der Waals surface area contributed by atoms with Crippen LogP contribution in [0.15, 0.2) is 24.3 Å². The van der Waals surface area contributed by atoms with Gasteiger partial charge in [-0.05, 0) is 12.1 Å². The van der Waals surface area contributed by atoms with Crippen molar-refractivity contribution in [3.05, 3.63) is 29.8 Å². The Bertz CT molecular complexity index is 314. The van der Waals surface area contributed by atoms with Gasteiger partial charge in [-0.1, -0.05) is 12.1 Å². The van der Waals surface area contributed by atoms with Crippen LogP contribution in [0.25, 0.3) is 0 Å². The maximum absolute atomic E-state index is 10.1. The van der Waals surface area contributed by atoms with Crippen LogP contribution >= 0.6 is 0 Å². The van der Waals surface area contributed by atoms with Crippen LogP contribution in [0, 0.1) is 0 Å². The first-order chi connectivity index (χ1) is 6.70. The van der Waals surface area contributed by atoms with Crippen LogP contribution in [0.3, 0.4) is 0 Å². The summed E-state index contributed by atoms with van der Waals surface area (Å²) in [7, 11) is 0. The third kappa shape index (κ3) is 4.99. The number of carbonyl (C=O) groups excluding carboxylic acids is 1. The highest BCUT2D eigenvalue weighted by molar-refractivity contribution is 5.64. The minimum Gasteiger partial charge on any atom is -0.550 e. The number of carboxylic acids is 1. The average molecular weight is 213 g/mol. The molecular weight excluding hydrogens is 198 g/mol. The van der Waals surface area contributed by atoms with Crippen LogP contribution < -0.4 is 10.4 Å². The van der Waals surface area contributed by atoms with Crippen molar-refractivity contribution in [2.24, 2.45) is 0 Å². The molecule has 1 aromatic rings. The quantitative estimate of drug-likeness (QED) is 0.540. The molecule has 0 aromatic heterocycles. The molecular formula is C10H15NO4. The van der Waals surface area contributed by atoms with Crippen molar-refractivity contribution in [2.75, 3.05) is 6.54 Å². The number of para-hydroxylation sites is 1. The van der Waals surface area contributed by atoms with E-state index in [2.05, 4.69) is 0 Å². The van der Waals surface area contributed by atoms with Gasteiger partial charge in [-0.2, -0.15) is 0 Å². The third-order valence-corrected chi connectivity index (χ3v) is 1.91. The van der Waals surface area contributed by atoms with E-state index in [1.165, 1.54) is 0 Å². The lowest BCUT2D eigenvalue weighted by molar-refractivity contribution is -0.670. The smallest absolute Gasteiger partial charge is 0.124 e. The van der Waals surface area contributed by atoms with Crippen molar-refractivity contribution in [1.29, 1.82) is 0 Å². The molecule has 0 atom stereocenters. The Morgan fingerprint density at radius 2 is 2.07 bits per heavy atom. The van der Waals surface area contributed by atoms with Crippen molar-refractivity contribution in [2.45, 2.75) is 13.0 Å². The molecule has 0 radical (unpaired) electrons. The Kier molecular flexibility index (Phi) is 6.08. The average Bonchev–Trinajstić information content (AvgIpc) is 2.15. The summed E-state index contributed by atoms with van der Waals surface area (Å²) in [5.41, 5.74) is 0.811. The molecule has 1 rings (SSSR count). The first kappa shape index (κ1) is 13.4. The largest absolute Gasteiger partial charge is 0.550 e. The molecule has 0 saturated heterocycles. The molecule has 5 nitrogen and oxygen atoms in total. The van der Waals surface area contributed by atoms with Crippen molar-refractivity contribution < 1.29 is 25.8 Å². The first-order valence-corrected chi connectivity index (χ1v) is 4.48. The lowest BCUT2D eigenvalue weighted by atomic mass is 10.2. The van der Waals surface area contributed by atoms with Crippen LogP contribution in [0.2, 0.25) is 0 Å². The summed E-state index contributed by atoms with van der Waals surface area (Å²) in [4.78, 5) is 10.1. The molecule has 0 heterocycles. The number of hydrogen-bond acceptors (Lipinski definition) is 3. The van der Waals surface area contributed by atoms with Crippen LogP contribution in [0.4, 0.5) is 0 Å². The number of phenolic OH excluding ortho intramolecular Hbond substituents is 1. The molecule has 0 fully saturated rings. The lowest BCUT2D eigenvalue weighted by Gasteiger charge is -2.04. The second-order valence-electron chi connectivity index (χ2n) is 3.03. The molecule has 0 aliphatic carbocycles. The number of hydrogen-bond donors (Lipinski definition) is 2. The fourth-order valence-corrected chi connectivity index (χ4v) is 1.16. The van der Waals surface area contributed by atoms with Gasteiger partial charge in [0.2, 0.25) is 0 Å². The van der Waals surface area contributed by atoms with Crippen LogP contribution in [-0.2, 0) is 11.3 Å². The van der Waals surface area contributed by atoms with Gasteiger partial charge in [0.1, 0.15) is 12.3 Å². The van der Waals surface area contributed by atoms with E-state index in [-0.39, 0.29) is 17.6 Å². The highest BCUT2D eigenvalue weighted by atomic mass is 16.4. The van der Waals surface area contributed by atoms with Crippen molar-refractivity contribution in [1.82, 2.24) is 0 Å². The van der Waals surface area contributed by atoms with Gasteiger partial charge in [-0.3, -0.25) is 0 Å². The van der Waals surface area contributed by atoms with Gasteiger partial charge >= 0.3 is 0 Å². The molecule has 0 aliphatic rings. The second-order valence-corrected chi connectivity index (χ2v) is 3.03. The van der Waals surface area contributed by atoms with E-state index in [1.54, 1.807) is 12.1 Å². The van der Waals surface area contributed by atoms with E-state index in [9.17, 15) is 15.0 Å². The molecule has 5 N–H and O–H groups in total. The number of nitrogens with two attached hydrogens (primary N) is 1. The highest BCUT2D eigenvalue weighted by Crippen LogP contribution is 2.13. The van der Waals surface area contributed by atoms with Gasteiger partial charge in [0, 0.05) is 18.0 Å². The lowest BCUT2D eigenvalue weighted by Crippen LogP contribution is -2.83. The van der Waals surface area contributed by atoms with Gasteiger partial charge in [0.15, 0.2) is 0 Å². The predicted molar refractivity (Wildman–Crippen MR) is 51.8 cm³/mol. The monoisotopic (exact) mass is 213 g/mol. The Balaban J connectivity index is 0.00000196. The third-order valence-electron chi connectivity index (χ3n) is 1.91. The summed E-state index contributed by atoms with van der Waals surface area (Å²) in [6.07, 6.45) is 0.0353. The zero-order valence-electron chi connectivity index (χ0n) is 8.27. The number of carbonyl (C=O) groups is 1. The van der Waals surface area contributed by atoms with E-state index in [4.69, 9.17) is 0 Å². The Labute approximate surface area is 87.7 Å². The van der Waals surface area contributed by atoms with E-state index < -0.39 is 5.97 Å². The van der Waals surface area contributed by atoms with E-state index in [1.807, 2.05) is 17.4 Å². The maximum atomic E-state index is 10.1. The number of rotatable bonds is 5. The zero-order chi connectivity index (χ0) is 10.4. The molecule has 0 saturated carbocycles. The molecule has 0 unspecified atom stereocenters. The maximum Gasteiger partial charge on any atom is 0.124 e. The summed E-state index contributed by atoms with van der Waals surface area (Å²) in [6.45, 7) is 1.05. The number of benzene rings is 1. The minimum absolute atomic E-state index is 0. The minimum atomic E-state index is -1.04. The standard InChI is InChI=1S/C10H13NO3.H2O/c12-9-4-2-1-3-8(9)7-11-6-5-10(13)14;/h1-4,11-12H,5-7H2,(H,13,14);1H2. The molecule has 0 spiro atoms. The summed E-state index contributed by atoms with van der Waals surface area (Å²) in [6, 6.07) is 7.01. The number of carboxylic acid groups (broad SMARTS) is 1. The van der Waals surface area contributed by atoms with E-state index in [0.717, 1.165) is 5.56 Å². The molecule has 0 amide bonds. The SMILES string of the molecule is O.O=C([O-])CC[NH2+]Cc1ccccc1O. The van der Waals surface area contributed by atoms with Crippen LogP contribution in [-0.4, -0.2) is 23.1 Å². The first-order valence-electron chi connectivity index (χ1n) is 4.48. The van der Waals surface area contributed by atoms with Crippen molar-refractivity contribution in [3.63, 3.8) is 0 Å². The molecule has 1 aromatic carbocycles. The van der Waals surface area contributed by atoms with E-state index >= 15 is 0 Å². The van der Waals surface area contributed by atoms with E-state index in [0.29, 0.717) is 13.1 Å². The molecule has 84 valence electrons. The van der Waals surface area contributed by atoms with Crippen LogP contribution in [0.1, 0.15) is 12.0 Å². The van der Waals surface area contributed by atoms with Crippen molar-refractivity contribution >= 4 is 5.97 Å². The van der Waals surface area contributed by atoms with Gasteiger partial charge in [-0.15, -0.1) is 0 Å². The van der Waals surface area contributed by atoms with Crippen LogP contribution in [0.5, 0.6) is 5.75 Å². The molecule has 5 heteroatoms. The highest BCUT2D eigenvalue weighted by Gasteiger charge is 2.00. The fourth-order valence-electron chi connectivity index (χ4n) is 1.16. The normalized spacial score (nSPS) is 9.33. The summed E-state index contributed by atoms with van der Waals surface area (Å²) >= 11 is 0. The number of aliphatic carboxylic acids is 1. The van der Waals surface area contributed by atoms with Gasteiger partial charge in [0.05, 0.1) is 6.54 Å². The summed E-state index contributed by atoms with van der Waals surface area (Å²) in [5.74, 6) is -0.796. The molecule has 0 bridgehead atoms.